The average molecular weight is 513 g/mol. The number of aliphatic hydroxyl groups excluding tert-OH is 4. The molecule has 0 fully saturated rings. The van der Waals surface area contributed by atoms with Crippen LogP contribution in [0.4, 0.5) is 0 Å². The van der Waals surface area contributed by atoms with Gasteiger partial charge >= 0.3 is 0 Å². The van der Waals surface area contributed by atoms with Crippen molar-refractivity contribution in [3.63, 3.8) is 0 Å². The maximum absolute atomic E-state index is 9.66. The highest BCUT2D eigenvalue weighted by molar-refractivity contribution is 5.86. The quantitative estimate of drug-likeness (QED) is 0.215. The van der Waals surface area contributed by atoms with E-state index in [1.807, 2.05) is 24.3 Å². The number of rotatable bonds is 11. The molecule has 0 saturated heterocycles. The van der Waals surface area contributed by atoms with Crippen molar-refractivity contribution >= 4 is 0 Å². The van der Waals surface area contributed by atoms with Crippen molar-refractivity contribution in [1.29, 1.82) is 0 Å². The second kappa shape index (κ2) is 11.4. The summed E-state index contributed by atoms with van der Waals surface area (Å²) in [5.74, 6) is 0.956. The van der Waals surface area contributed by atoms with E-state index < -0.39 is 11.5 Å². The van der Waals surface area contributed by atoms with Crippen LogP contribution in [0.15, 0.2) is 97.1 Å². The van der Waals surface area contributed by atoms with Crippen LogP contribution < -0.4 is 9.47 Å². The molecule has 4 aromatic carbocycles. The molecule has 5 rings (SSSR count). The number of hydrogen-bond acceptors (Lipinski definition) is 6. The lowest BCUT2D eigenvalue weighted by molar-refractivity contribution is 0.0536. The third-order valence-corrected chi connectivity index (χ3v) is 7.18. The number of hydrogen-bond donors (Lipinski definition) is 4. The average Bonchev–Trinajstić information content (AvgIpc) is 3.28. The van der Waals surface area contributed by atoms with Crippen LogP contribution in [0.25, 0.3) is 11.1 Å². The Morgan fingerprint density at radius 3 is 1.45 bits per heavy atom. The first-order valence-electron chi connectivity index (χ1n) is 12.8. The van der Waals surface area contributed by atoms with Gasteiger partial charge in [-0.15, -0.1) is 0 Å². The van der Waals surface area contributed by atoms with E-state index in [1.165, 1.54) is 22.3 Å². The molecule has 196 valence electrons. The molecule has 1 atom stereocenters. The number of aliphatic hydroxyl groups is 4. The van der Waals surface area contributed by atoms with Crippen molar-refractivity contribution in [3.8, 4) is 22.6 Å². The second-order valence-corrected chi connectivity index (χ2v) is 9.58. The minimum absolute atomic E-state index is 0.0154. The lowest BCUT2D eigenvalue weighted by Crippen LogP contribution is -2.28. The first kappa shape index (κ1) is 25.9. The van der Waals surface area contributed by atoms with Crippen LogP contribution in [-0.4, -0.2) is 59.6 Å². The van der Waals surface area contributed by atoms with E-state index in [0.717, 1.165) is 11.1 Å². The maximum Gasteiger partial charge on any atom is 0.119 e. The Bertz CT molecular complexity index is 1300. The number of benzene rings is 4. The van der Waals surface area contributed by atoms with Crippen LogP contribution in [0.2, 0.25) is 0 Å². The van der Waals surface area contributed by atoms with Gasteiger partial charge in [0, 0.05) is 5.92 Å². The summed E-state index contributed by atoms with van der Waals surface area (Å²) in [5.41, 5.74) is 6.30. The fourth-order valence-electron chi connectivity index (χ4n) is 5.25. The van der Waals surface area contributed by atoms with E-state index in [9.17, 15) is 15.3 Å². The third kappa shape index (κ3) is 4.68. The predicted octanol–water partition coefficient (Wildman–Crippen LogP) is 3.76. The zero-order valence-electron chi connectivity index (χ0n) is 21.0. The Morgan fingerprint density at radius 1 is 0.553 bits per heavy atom. The Hall–Kier alpha value is -3.68. The molecule has 6 heteroatoms. The van der Waals surface area contributed by atoms with Crippen molar-refractivity contribution in [2.45, 2.75) is 11.5 Å². The summed E-state index contributed by atoms with van der Waals surface area (Å²) in [6.07, 6.45) is -0.930. The van der Waals surface area contributed by atoms with Gasteiger partial charge in [0.1, 0.15) is 24.2 Å². The van der Waals surface area contributed by atoms with E-state index in [2.05, 4.69) is 72.8 Å². The van der Waals surface area contributed by atoms with E-state index >= 15 is 0 Å². The zero-order chi connectivity index (χ0) is 26.5. The van der Waals surface area contributed by atoms with Gasteiger partial charge in [0.25, 0.3) is 0 Å². The van der Waals surface area contributed by atoms with Crippen molar-refractivity contribution in [2.24, 2.45) is 5.92 Å². The normalized spacial score (nSPS) is 14.1. The fourth-order valence-corrected chi connectivity index (χ4v) is 5.25. The first-order chi connectivity index (χ1) is 18.6. The van der Waals surface area contributed by atoms with Gasteiger partial charge in [-0.3, -0.25) is 0 Å². The van der Waals surface area contributed by atoms with Gasteiger partial charge in [0.2, 0.25) is 0 Å². The molecule has 4 N–H and O–H groups in total. The predicted molar refractivity (Wildman–Crippen MR) is 145 cm³/mol. The highest BCUT2D eigenvalue weighted by Crippen LogP contribution is 2.56. The molecule has 0 aromatic heterocycles. The molecule has 38 heavy (non-hydrogen) atoms. The monoisotopic (exact) mass is 512 g/mol. The van der Waals surface area contributed by atoms with Crippen molar-refractivity contribution in [2.75, 3.05) is 33.0 Å². The summed E-state index contributed by atoms with van der Waals surface area (Å²) in [4.78, 5) is 0. The summed E-state index contributed by atoms with van der Waals surface area (Å²) in [6, 6.07) is 32.8. The summed E-state index contributed by atoms with van der Waals surface area (Å²) in [5, 5.41) is 37.5. The summed E-state index contributed by atoms with van der Waals surface area (Å²) in [6.45, 7) is -0.375. The fraction of sp³-hybridized carbons (Fsp3) is 0.250. The Labute approximate surface area is 222 Å². The van der Waals surface area contributed by atoms with Gasteiger partial charge < -0.3 is 29.9 Å². The molecule has 6 nitrogen and oxygen atoms in total. The molecule has 0 aliphatic heterocycles. The van der Waals surface area contributed by atoms with Crippen LogP contribution in [-0.2, 0) is 5.41 Å². The van der Waals surface area contributed by atoms with Gasteiger partial charge in [-0.2, -0.15) is 0 Å². The smallest absolute Gasteiger partial charge is 0.119 e. The van der Waals surface area contributed by atoms with Crippen molar-refractivity contribution in [1.82, 2.24) is 0 Å². The SMILES string of the molecule is OCC(O)COc1ccc(C2(c3ccc(OCC(CO)CO)cc3)c3ccccc3-c3ccccc32)cc1. The van der Waals surface area contributed by atoms with Gasteiger partial charge in [0.05, 0.1) is 31.8 Å². The van der Waals surface area contributed by atoms with Gasteiger partial charge in [-0.1, -0.05) is 72.8 Å². The summed E-state index contributed by atoms with van der Waals surface area (Å²) >= 11 is 0. The molecule has 0 radical (unpaired) electrons. The minimum atomic E-state index is -0.930. The Balaban J connectivity index is 1.59. The molecule has 0 saturated carbocycles. The standard InChI is InChI=1S/C32H32O6/c33-17-22(18-34)20-37-26-13-9-23(10-14-26)32(24-11-15-27(16-12-24)38-21-25(36)19-35)30-7-3-1-5-28(30)29-6-2-4-8-31(29)32/h1-16,22,25,33-36H,17-21H2. The van der Waals surface area contributed by atoms with Crippen LogP contribution in [0.1, 0.15) is 22.3 Å². The molecule has 0 bridgehead atoms. The van der Waals surface area contributed by atoms with Crippen molar-refractivity contribution in [3.05, 3.63) is 119 Å². The van der Waals surface area contributed by atoms with Crippen LogP contribution in [0.5, 0.6) is 11.5 Å². The van der Waals surface area contributed by atoms with E-state index in [1.54, 1.807) is 0 Å². The lowest BCUT2D eigenvalue weighted by Gasteiger charge is -2.34. The minimum Gasteiger partial charge on any atom is -0.493 e. The van der Waals surface area contributed by atoms with E-state index in [4.69, 9.17) is 14.6 Å². The second-order valence-electron chi connectivity index (χ2n) is 9.58. The molecule has 0 spiro atoms. The third-order valence-electron chi connectivity index (χ3n) is 7.18. The highest BCUT2D eigenvalue weighted by Gasteiger charge is 2.45. The number of fused-ring (bicyclic) bond motifs is 3. The van der Waals surface area contributed by atoms with Crippen LogP contribution in [0, 0.1) is 5.92 Å². The molecular weight excluding hydrogens is 480 g/mol. The van der Waals surface area contributed by atoms with Crippen molar-refractivity contribution < 1.29 is 29.9 Å². The zero-order valence-corrected chi connectivity index (χ0v) is 21.0. The number of ether oxygens (including phenoxy) is 2. The molecule has 1 aliphatic carbocycles. The topological polar surface area (TPSA) is 99.4 Å². The molecule has 4 aromatic rings. The Morgan fingerprint density at radius 2 is 1.00 bits per heavy atom. The summed E-state index contributed by atoms with van der Waals surface area (Å²) in [7, 11) is 0. The molecular formula is C32H32O6. The molecule has 1 unspecified atom stereocenters. The van der Waals surface area contributed by atoms with Gasteiger partial charge in [-0.05, 0) is 57.6 Å². The van der Waals surface area contributed by atoms with Gasteiger partial charge in [-0.25, -0.2) is 0 Å². The van der Waals surface area contributed by atoms with Crippen LogP contribution in [0.3, 0.4) is 0 Å². The van der Waals surface area contributed by atoms with E-state index in [-0.39, 0.29) is 39.0 Å². The molecule has 0 heterocycles. The van der Waals surface area contributed by atoms with Gasteiger partial charge in [0.15, 0.2) is 0 Å². The Kier molecular flexibility index (Phi) is 7.77. The van der Waals surface area contributed by atoms with E-state index in [0.29, 0.717) is 11.5 Å². The first-order valence-corrected chi connectivity index (χ1v) is 12.8. The maximum atomic E-state index is 9.66. The molecule has 1 aliphatic rings. The summed E-state index contributed by atoms with van der Waals surface area (Å²) < 4.78 is 11.5. The van der Waals surface area contributed by atoms with Crippen LogP contribution >= 0.6 is 0 Å². The molecule has 0 amide bonds. The lowest BCUT2D eigenvalue weighted by atomic mass is 9.68. The largest absolute Gasteiger partial charge is 0.493 e. The highest BCUT2D eigenvalue weighted by atomic mass is 16.5.